The van der Waals surface area contributed by atoms with Gasteiger partial charge in [-0.1, -0.05) is 97.9 Å². The van der Waals surface area contributed by atoms with Crippen molar-refractivity contribution in [2.45, 2.75) is 38.1 Å². The van der Waals surface area contributed by atoms with E-state index in [1.807, 2.05) is 85.8 Å². The summed E-state index contributed by atoms with van der Waals surface area (Å²) >= 11 is 1.58. The first-order valence-corrected chi connectivity index (χ1v) is 12.6. The second-order valence-electron chi connectivity index (χ2n) is 7.98. The molecule has 1 atom stereocenters. The van der Waals surface area contributed by atoms with Crippen molar-refractivity contribution in [1.82, 2.24) is 10.2 Å². The van der Waals surface area contributed by atoms with E-state index in [0.29, 0.717) is 25.3 Å². The summed E-state index contributed by atoms with van der Waals surface area (Å²) in [5.74, 6) is 0.969. The number of nitrogens with zero attached hydrogens (tertiary/aromatic N) is 1. The van der Waals surface area contributed by atoms with Crippen molar-refractivity contribution in [3.05, 3.63) is 108 Å². The third kappa shape index (κ3) is 8.10. The van der Waals surface area contributed by atoms with Crippen molar-refractivity contribution in [2.75, 3.05) is 12.3 Å². The Balaban J connectivity index is 1.80. The first-order valence-electron chi connectivity index (χ1n) is 11.4. The van der Waals surface area contributed by atoms with Gasteiger partial charge in [-0.15, -0.1) is 11.8 Å². The molecule has 1 unspecified atom stereocenters. The molecule has 172 valence electrons. The van der Waals surface area contributed by atoms with Crippen LogP contribution in [0.25, 0.3) is 0 Å². The van der Waals surface area contributed by atoms with Crippen molar-refractivity contribution in [1.29, 1.82) is 0 Å². The molecule has 0 fully saturated rings. The molecule has 0 aromatic heterocycles. The van der Waals surface area contributed by atoms with Crippen LogP contribution in [0.1, 0.15) is 30.0 Å². The van der Waals surface area contributed by atoms with Gasteiger partial charge in [0.1, 0.15) is 6.04 Å². The fourth-order valence-corrected chi connectivity index (χ4v) is 4.48. The highest BCUT2D eigenvalue weighted by molar-refractivity contribution is 7.99. The highest BCUT2D eigenvalue weighted by Gasteiger charge is 2.30. The Morgan fingerprint density at radius 1 is 0.818 bits per heavy atom. The number of amides is 2. The molecule has 33 heavy (non-hydrogen) atoms. The standard InChI is InChI=1S/C28H32N2O2S/c1-2-18-29-28(32)26(19-23-12-6-3-7-13-23)30(20-24-14-8-4-9-15-24)27(31)22-33-21-25-16-10-5-11-17-25/h3-17,26H,2,18-22H2,1H3,(H,29,32). The van der Waals surface area contributed by atoms with Gasteiger partial charge in [0.05, 0.1) is 5.75 Å². The Labute approximate surface area is 201 Å². The average Bonchev–Trinajstić information content (AvgIpc) is 2.86. The maximum absolute atomic E-state index is 13.5. The van der Waals surface area contributed by atoms with E-state index in [-0.39, 0.29) is 11.8 Å². The molecule has 3 aromatic carbocycles. The van der Waals surface area contributed by atoms with Crippen LogP contribution in [0.3, 0.4) is 0 Å². The average molecular weight is 461 g/mol. The van der Waals surface area contributed by atoms with Crippen molar-refractivity contribution < 1.29 is 9.59 Å². The van der Waals surface area contributed by atoms with Gasteiger partial charge in [-0.3, -0.25) is 9.59 Å². The second-order valence-corrected chi connectivity index (χ2v) is 8.97. The highest BCUT2D eigenvalue weighted by Crippen LogP contribution is 2.18. The molecule has 0 heterocycles. The third-order valence-corrected chi connectivity index (χ3v) is 6.34. The lowest BCUT2D eigenvalue weighted by atomic mass is 10.0. The van der Waals surface area contributed by atoms with Gasteiger partial charge >= 0.3 is 0 Å². The summed E-state index contributed by atoms with van der Waals surface area (Å²) < 4.78 is 0. The fraction of sp³-hybridized carbons (Fsp3) is 0.286. The van der Waals surface area contributed by atoms with Crippen molar-refractivity contribution in [3.8, 4) is 0 Å². The predicted molar refractivity (Wildman–Crippen MR) is 137 cm³/mol. The van der Waals surface area contributed by atoms with Gasteiger partial charge in [0.15, 0.2) is 0 Å². The lowest BCUT2D eigenvalue weighted by Crippen LogP contribution is -2.51. The molecule has 2 amide bonds. The quantitative estimate of drug-likeness (QED) is 0.410. The number of carbonyl (C=O) groups is 2. The molecule has 3 rings (SSSR count). The molecule has 5 heteroatoms. The molecule has 0 bridgehead atoms. The summed E-state index contributed by atoms with van der Waals surface area (Å²) in [7, 11) is 0. The topological polar surface area (TPSA) is 49.4 Å². The summed E-state index contributed by atoms with van der Waals surface area (Å²) in [6.45, 7) is 3.03. The van der Waals surface area contributed by atoms with E-state index >= 15 is 0 Å². The van der Waals surface area contributed by atoms with Gasteiger partial charge in [0, 0.05) is 25.3 Å². The first kappa shape index (κ1) is 24.6. The summed E-state index contributed by atoms with van der Waals surface area (Å²) in [6, 6.07) is 29.4. The number of hydrogen-bond donors (Lipinski definition) is 1. The molecule has 0 spiro atoms. The van der Waals surface area contributed by atoms with Crippen LogP contribution in [0.2, 0.25) is 0 Å². The van der Waals surface area contributed by atoms with Crippen molar-refractivity contribution in [2.24, 2.45) is 0 Å². The van der Waals surface area contributed by atoms with Crippen LogP contribution in [-0.4, -0.2) is 35.1 Å². The minimum absolute atomic E-state index is 0.0210. The maximum Gasteiger partial charge on any atom is 0.243 e. The molecule has 0 aliphatic rings. The van der Waals surface area contributed by atoms with E-state index < -0.39 is 6.04 Å². The molecular formula is C28H32N2O2S. The molecule has 0 aliphatic heterocycles. The third-order valence-electron chi connectivity index (χ3n) is 5.35. The molecule has 0 aliphatic carbocycles. The van der Waals surface area contributed by atoms with Gasteiger partial charge in [0.25, 0.3) is 0 Å². The minimum Gasteiger partial charge on any atom is -0.354 e. The number of rotatable bonds is 12. The normalized spacial score (nSPS) is 11.5. The van der Waals surface area contributed by atoms with E-state index in [4.69, 9.17) is 0 Å². The fourth-order valence-electron chi connectivity index (χ4n) is 3.61. The first-order chi connectivity index (χ1) is 16.2. The largest absolute Gasteiger partial charge is 0.354 e. The SMILES string of the molecule is CCCNC(=O)C(Cc1ccccc1)N(Cc1ccccc1)C(=O)CSCc1ccccc1. The van der Waals surface area contributed by atoms with Crippen LogP contribution < -0.4 is 5.32 Å². The Kier molecular flexibility index (Phi) is 10.0. The van der Waals surface area contributed by atoms with Gasteiger partial charge < -0.3 is 10.2 Å². The van der Waals surface area contributed by atoms with E-state index in [2.05, 4.69) is 17.4 Å². The van der Waals surface area contributed by atoms with Crippen LogP contribution in [0.5, 0.6) is 0 Å². The number of hydrogen-bond acceptors (Lipinski definition) is 3. The van der Waals surface area contributed by atoms with Crippen LogP contribution in [0.4, 0.5) is 0 Å². The van der Waals surface area contributed by atoms with Gasteiger partial charge in [-0.2, -0.15) is 0 Å². The molecule has 4 nitrogen and oxygen atoms in total. The molecule has 0 saturated heterocycles. The number of benzene rings is 3. The number of carbonyl (C=O) groups excluding carboxylic acids is 2. The second kappa shape index (κ2) is 13.5. The van der Waals surface area contributed by atoms with Gasteiger partial charge in [-0.25, -0.2) is 0 Å². The van der Waals surface area contributed by atoms with E-state index in [9.17, 15) is 9.59 Å². The molecule has 0 radical (unpaired) electrons. The Morgan fingerprint density at radius 3 is 1.94 bits per heavy atom. The van der Waals surface area contributed by atoms with Gasteiger partial charge in [-0.05, 0) is 23.1 Å². The van der Waals surface area contributed by atoms with Crippen LogP contribution in [0.15, 0.2) is 91.0 Å². The zero-order valence-electron chi connectivity index (χ0n) is 19.2. The van der Waals surface area contributed by atoms with E-state index in [1.165, 1.54) is 5.56 Å². The predicted octanol–water partition coefficient (Wildman–Crippen LogP) is 5.09. The van der Waals surface area contributed by atoms with Crippen LogP contribution >= 0.6 is 11.8 Å². The maximum atomic E-state index is 13.5. The Morgan fingerprint density at radius 2 is 1.36 bits per heavy atom. The van der Waals surface area contributed by atoms with Crippen molar-refractivity contribution >= 4 is 23.6 Å². The highest BCUT2D eigenvalue weighted by atomic mass is 32.2. The summed E-state index contributed by atoms with van der Waals surface area (Å²) in [6.07, 6.45) is 1.33. The summed E-state index contributed by atoms with van der Waals surface area (Å²) in [5.41, 5.74) is 3.24. The summed E-state index contributed by atoms with van der Waals surface area (Å²) in [4.78, 5) is 28.5. The zero-order valence-corrected chi connectivity index (χ0v) is 20.0. The molecule has 1 N–H and O–H groups in total. The van der Waals surface area contributed by atoms with Crippen molar-refractivity contribution in [3.63, 3.8) is 0 Å². The number of nitrogens with one attached hydrogen (secondary N) is 1. The zero-order chi connectivity index (χ0) is 23.3. The number of thioether (sulfide) groups is 1. The van der Waals surface area contributed by atoms with E-state index in [1.54, 1.807) is 16.7 Å². The lowest BCUT2D eigenvalue weighted by molar-refractivity contribution is -0.139. The minimum atomic E-state index is -0.566. The monoisotopic (exact) mass is 460 g/mol. The Hall–Kier alpha value is -3.05. The smallest absolute Gasteiger partial charge is 0.243 e. The van der Waals surface area contributed by atoms with Gasteiger partial charge in [0.2, 0.25) is 11.8 Å². The summed E-state index contributed by atoms with van der Waals surface area (Å²) in [5, 5.41) is 3.02. The Bertz CT molecular complexity index is 981. The lowest BCUT2D eigenvalue weighted by Gasteiger charge is -2.31. The van der Waals surface area contributed by atoms with Crippen LogP contribution in [0, 0.1) is 0 Å². The molecule has 0 saturated carbocycles. The molecule has 3 aromatic rings. The molecular weight excluding hydrogens is 428 g/mol. The van der Waals surface area contributed by atoms with E-state index in [0.717, 1.165) is 23.3 Å². The van der Waals surface area contributed by atoms with Crippen LogP contribution in [-0.2, 0) is 28.3 Å².